The van der Waals surface area contributed by atoms with Crippen LogP contribution in [-0.2, 0) is 9.84 Å². The maximum Gasteiger partial charge on any atom is 0.181 e. The molecule has 0 bridgehead atoms. The van der Waals surface area contributed by atoms with Crippen LogP contribution in [-0.4, -0.2) is 27.1 Å². The van der Waals surface area contributed by atoms with Gasteiger partial charge in [0.05, 0.1) is 7.11 Å². The third-order valence-corrected chi connectivity index (χ3v) is 3.97. The van der Waals surface area contributed by atoms with Crippen LogP contribution in [0.25, 0.3) is 0 Å². The van der Waals surface area contributed by atoms with Crippen LogP contribution in [0.3, 0.4) is 0 Å². The van der Waals surface area contributed by atoms with Crippen molar-refractivity contribution in [1.29, 1.82) is 0 Å². The SMILES string of the molecule is C=C(C)S(=O)(=O)CC(=O)c1ccc(OC)cc1. The second-order valence-corrected chi connectivity index (χ2v) is 5.83. The van der Waals surface area contributed by atoms with E-state index in [9.17, 15) is 13.2 Å². The van der Waals surface area contributed by atoms with E-state index in [1.54, 1.807) is 12.1 Å². The van der Waals surface area contributed by atoms with Crippen molar-refractivity contribution < 1.29 is 17.9 Å². The molecule has 0 aliphatic heterocycles. The highest BCUT2D eigenvalue weighted by molar-refractivity contribution is 7.95. The summed E-state index contributed by atoms with van der Waals surface area (Å²) >= 11 is 0. The van der Waals surface area contributed by atoms with E-state index >= 15 is 0 Å². The minimum Gasteiger partial charge on any atom is -0.497 e. The minimum atomic E-state index is -3.54. The number of rotatable bonds is 5. The molecule has 0 unspecified atom stereocenters. The van der Waals surface area contributed by atoms with Gasteiger partial charge in [0.15, 0.2) is 15.6 Å². The Morgan fingerprint density at radius 3 is 2.24 bits per heavy atom. The molecule has 0 saturated heterocycles. The summed E-state index contributed by atoms with van der Waals surface area (Å²) in [6, 6.07) is 6.30. The van der Waals surface area contributed by atoms with Crippen molar-refractivity contribution in [3.63, 3.8) is 0 Å². The van der Waals surface area contributed by atoms with Gasteiger partial charge in [0.1, 0.15) is 11.5 Å². The molecule has 0 N–H and O–H groups in total. The lowest BCUT2D eigenvalue weighted by Crippen LogP contribution is -2.16. The minimum absolute atomic E-state index is 0.000591. The first-order valence-electron chi connectivity index (χ1n) is 4.92. The van der Waals surface area contributed by atoms with Gasteiger partial charge in [-0.05, 0) is 31.2 Å². The zero-order valence-electron chi connectivity index (χ0n) is 9.76. The quantitative estimate of drug-likeness (QED) is 0.752. The van der Waals surface area contributed by atoms with Crippen LogP contribution in [0.15, 0.2) is 35.7 Å². The van der Waals surface area contributed by atoms with Crippen LogP contribution in [0.2, 0.25) is 0 Å². The van der Waals surface area contributed by atoms with Gasteiger partial charge in [0, 0.05) is 10.5 Å². The fourth-order valence-corrected chi connectivity index (χ4v) is 1.91. The smallest absolute Gasteiger partial charge is 0.181 e. The lowest BCUT2D eigenvalue weighted by molar-refractivity contribution is 0.102. The highest BCUT2D eigenvalue weighted by Gasteiger charge is 2.18. The van der Waals surface area contributed by atoms with Gasteiger partial charge in [0.2, 0.25) is 0 Å². The van der Waals surface area contributed by atoms with Gasteiger partial charge < -0.3 is 4.74 Å². The summed E-state index contributed by atoms with van der Waals surface area (Å²) < 4.78 is 27.9. The standard InChI is InChI=1S/C12H14O4S/c1-9(2)17(14,15)8-12(13)10-4-6-11(16-3)7-5-10/h4-7H,1,8H2,2-3H3. The fourth-order valence-electron chi connectivity index (χ4n) is 1.16. The number of carbonyl (C=O) groups excluding carboxylic acids is 1. The first kappa shape index (κ1) is 13.4. The molecular formula is C12H14O4S. The second kappa shape index (κ2) is 5.14. The molecular weight excluding hydrogens is 240 g/mol. The molecule has 92 valence electrons. The third kappa shape index (κ3) is 3.42. The van der Waals surface area contributed by atoms with Crippen molar-refractivity contribution in [2.45, 2.75) is 6.92 Å². The van der Waals surface area contributed by atoms with Crippen LogP contribution in [0.1, 0.15) is 17.3 Å². The number of Topliss-reactive ketones (excluding diaryl/α,β-unsaturated/α-hetero) is 1. The Balaban J connectivity index is 2.87. The van der Waals surface area contributed by atoms with E-state index in [1.807, 2.05) is 0 Å². The lowest BCUT2D eigenvalue weighted by atomic mass is 10.1. The predicted molar refractivity (Wildman–Crippen MR) is 65.9 cm³/mol. The van der Waals surface area contributed by atoms with E-state index in [4.69, 9.17) is 4.74 Å². The Bertz CT molecular complexity index is 526. The number of sulfone groups is 1. The molecule has 1 aromatic carbocycles. The molecule has 5 heteroatoms. The van der Waals surface area contributed by atoms with Crippen molar-refractivity contribution in [1.82, 2.24) is 0 Å². The molecule has 17 heavy (non-hydrogen) atoms. The van der Waals surface area contributed by atoms with Crippen molar-refractivity contribution in [2.75, 3.05) is 12.9 Å². The highest BCUT2D eigenvalue weighted by Crippen LogP contribution is 2.13. The van der Waals surface area contributed by atoms with Crippen molar-refractivity contribution in [3.8, 4) is 5.75 Å². The van der Waals surface area contributed by atoms with Gasteiger partial charge in [0.25, 0.3) is 0 Å². The summed E-state index contributed by atoms with van der Waals surface area (Å²) in [6.45, 7) is 4.71. The monoisotopic (exact) mass is 254 g/mol. The second-order valence-electron chi connectivity index (χ2n) is 3.61. The molecule has 0 atom stereocenters. The molecule has 0 heterocycles. The van der Waals surface area contributed by atoms with Crippen molar-refractivity contribution >= 4 is 15.6 Å². The van der Waals surface area contributed by atoms with Crippen LogP contribution in [0, 0.1) is 0 Å². The maximum absolute atomic E-state index is 11.7. The average molecular weight is 254 g/mol. The normalized spacial score (nSPS) is 10.9. The number of ether oxygens (including phenoxy) is 1. The predicted octanol–water partition coefficient (Wildman–Crippen LogP) is 1.83. The molecule has 4 nitrogen and oxygen atoms in total. The molecule has 0 saturated carbocycles. The Morgan fingerprint density at radius 2 is 1.82 bits per heavy atom. The molecule has 0 amide bonds. The fraction of sp³-hybridized carbons (Fsp3) is 0.250. The number of carbonyl (C=O) groups is 1. The number of hydrogen-bond donors (Lipinski definition) is 0. The van der Waals surface area contributed by atoms with Gasteiger partial charge in [-0.1, -0.05) is 6.58 Å². The third-order valence-electron chi connectivity index (χ3n) is 2.26. The van der Waals surface area contributed by atoms with E-state index in [1.165, 1.54) is 26.2 Å². The number of allylic oxidation sites excluding steroid dienone is 1. The van der Waals surface area contributed by atoms with Crippen LogP contribution >= 0.6 is 0 Å². The number of ketones is 1. The van der Waals surface area contributed by atoms with Crippen LogP contribution in [0.4, 0.5) is 0 Å². The zero-order valence-corrected chi connectivity index (χ0v) is 10.6. The Hall–Kier alpha value is -1.62. The summed E-state index contributed by atoms with van der Waals surface area (Å²) in [5.41, 5.74) is 0.343. The van der Waals surface area contributed by atoms with Gasteiger partial charge in [-0.15, -0.1) is 0 Å². The molecule has 0 spiro atoms. The van der Waals surface area contributed by atoms with E-state index in [-0.39, 0.29) is 4.91 Å². The van der Waals surface area contributed by atoms with E-state index in [0.29, 0.717) is 11.3 Å². The van der Waals surface area contributed by atoms with E-state index < -0.39 is 21.4 Å². The van der Waals surface area contributed by atoms with Crippen LogP contribution < -0.4 is 4.74 Å². The van der Waals surface area contributed by atoms with Gasteiger partial charge in [-0.25, -0.2) is 8.42 Å². The molecule has 0 fully saturated rings. The van der Waals surface area contributed by atoms with Gasteiger partial charge in [-0.2, -0.15) is 0 Å². The topological polar surface area (TPSA) is 60.4 Å². The highest BCUT2D eigenvalue weighted by atomic mass is 32.2. The number of benzene rings is 1. The van der Waals surface area contributed by atoms with Gasteiger partial charge >= 0.3 is 0 Å². The molecule has 0 radical (unpaired) electrons. The molecule has 0 aliphatic rings. The van der Waals surface area contributed by atoms with E-state index in [2.05, 4.69) is 6.58 Å². The summed E-state index contributed by atoms with van der Waals surface area (Å²) in [4.78, 5) is 11.7. The van der Waals surface area contributed by atoms with Gasteiger partial charge in [-0.3, -0.25) is 4.79 Å². The average Bonchev–Trinajstić information content (AvgIpc) is 2.28. The summed E-state index contributed by atoms with van der Waals surface area (Å²) in [6.07, 6.45) is 0. The molecule has 1 rings (SSSR count). The van der Waals surface area contributed by atoms with Crippen LogP contribution in [0.5, 0.6) is 5.75 Å². The summed E-state index contributed by atoms with van der Waals surface area (Å²) in [5, 5.41) is 0. The summed E-state index contributed by atoms with van der Waals surface area (Å²) in [5.74, 6) is -0.380. The largest absolute Gasteiger partial charge is 0.497 e. The lowest BCUT2D eigenvalue weighted by Gasteiger charge is -2.04. The molecule has 0 aliphatic carbocycles. The number of hydrogen-bond acceptors (Lipinski definition) is 4. The van der Waals surface area contributed by atoms with Crippen molar-refractivity contribution in [3.05, 3.63) is 41.3 Å². The first-order chi connectivity index (χ1) is 7.86. The Morgan fingerprint density at radius 1 is 1.29 bits per heavy atom. The van der Waals surface area contributed by atoms with Crippen molar-refractivity contribution in [2.24, 2.45) is 0 Å². The molecule has 0 aromatic heterocycles. The zero-order chi connectivity index (χ0) is 13.1. The van der Waals surface area contributed by atoms with E-state index in [0.717, 1.165) is 0 Å². The molecule has 1 aromatic rings. The Kier molecular flexibility index (Phi) is 4.07. The first-order valence-corrected chi connectivity index (χ1v) is 6.57. The Labute approximate surface area is 101 Å². The summed E-state index contributed by atoms with van der Waals surface area (Å²) in [7, 11) is -2.02. The number of methoxy groups -OCH3 is 1. The maximum atomic E-state index is 11.7.